The average molecular weight is 250 g/mol. The molecule has 0 saturated carbocycles. The molecule has 1 atom stereocenters. The molecule has 0 spiro atoms. The minimum absolute atomic E-state index is 0.113. The first-order chi connectivity index (χ1) is 8.69. The van der Waals surface area contributed by atoms with Crippen LogP contribution in [0.3, 0.4) is 0 Å². The summed E-state index contributed by atoms with van der Waals surface area (Å²) in [6.07, 6.45) is 1.90. The third-order valence-electron chi connectivity index (χ3n) is 3.60. The Bertz CT molecular complexity index is 427. The highest BCUT2D eigenvalue weighted by Crippen LogP contribution is 2.15. The number of likely N-dealkylation sites (N-methyl/N-ethyl adjacent to an activating group) is 1. The molecule has 1 saturated heterocycles. The Kier molecular flexibility index (Phi) is 4.01. The van der Waals surface area contributed by atoms with Crippen LogP contribution in [0.4, 0.5) is 0 Å². The quantitative estimate of drug-likeness (QED) is 0.864. The van der Waals surface area contributed by atoms with Gasteiger partial charge < -0.3 is 10.2 Å². The average Bonchev–Trinajstić information content (AvgIpc) is 3.03. The maximum atomic E-state index is 12.5. The second-order valence-electron chi connectivity index (χ2n) is 4.72. The van der Waals surface area contributed by atoms with Crippen molar-refractivity contribution in [2.24, 2.45) is 0 Å². The normalized spacial score (nSPS) is 19.5. The zero-order valence-electron chi connectivity index (χ0n) is 11.4. The Hall–Kier alpha value is -1.36. The Morgan fingerprint density at radius 3 is 2.89 bits per heavy atom. The molecule has 18 heavy (non-hydrogen) atoms. The van der Waals surface area contributed by atoms with Gasteiger partial charge in [0, 0.05) is 25.7 Å². The van der Waals surface area contributed by atoms with Crippen molar-refractivity contribution < 1.29 is 4.79 Å². The SMILES string of the molecule is CCc1cc(C(=O)N2CCC(NC)C2)n(CC)n1. The molecule has 1 aliphatic heterocycles. The lowest BCUT2D eigenvalue weighted by atomic mass is 10.3. The Morgan fingerprint density at radius 2 is 2.33 bits per heavy atom. The van der Waals surface area contributed by atoms with Crippen LogP contribution >= 0.6 is 0 Å². The van der Waals surface area contributed by atoms with E-state index in [0.717, 1.165) is 43.9 Å². The molecule has 0 aromatic carbocycles. The molecule has 1 aliphatic rings. The molecule has 5 heteroatoms. The molecule has 0 aliphatic carbocycles. The maximum absolute atomic E-state index is 12.5. The van der Waals surface area contributed by atoms with E-state index in [-0.39, 0.29) is 5.91 Å². The highest BCUT2D eigenvalue weighted by Gasteiger charge is 2.27. The molecule has 100 valence electrons. The number of carbonyl (C=O) groups excluding carboxylic acids is 1. The fraction of sp³-hybridized carbons (Fsp3) is 0.692. The fourth-order valence-electron chi connectivity index (χ4n) is 2.40. The number of nitrogens with one attached hydrogen (secondary N) is 1. The summed E-state index contributed by atoms with van der Waals surface area (Å²) in [4.78, 5) is 14.4. The van der Waals surface area contributed by atoms with E-state index >= 15 is 0 Å². The van der Waals surface area contributed by atoms with Gasteiger partial charge in [-0.15, -0.1) is 0 Å². The van der Waals surface area contributed by atoms with Gasteiger partial charge in [0.15, 0.2) is 0 Å². The van der Waals surface area contributed by atoms with Crippen LogP contribution in [0.5, 0.6) is 0 Å². The van der Waals surface area contributed by atoms with Crippen LogP contribution in [-0.4, -0.2) is 46.8 Å². The highest BCUT2D eigenvalue weighted by molar-refractivity contribution is 5.93. The first-order valence-electron chi connectivity index (χ1n) is 6.72. The van der Waals surface area contributed by atoms with E-state index in [2.05, 4.69) is 17.3 Å². The summed E-state index contributed by atoms with van der Waals surface area (Å²) < 4.78 is 1.81. The van der Waals surface area contributed by atoms with Crippen molar-refractivity contribution in [2.75, 3.05) is 20.1 Å². The van der Waals surface area contributed by atoms with Gasteiger partial charge in [-0.05, 0) is 32.9 Å². The number of likely N-dealkylation sites (tertiary alicyclic amines) is 1. The minimum Gasteiger partial charge on any atom is -0.336 e. The number of hydrogen-bond acceptors (Lipinski definition) is 3. The number of rotatable bonds is 4. The van der Waals surface area contributed by atoms with E-state index < -0.39 is 0 Å². The molecule has 1 unspecified atom stereocenters. The lowest BCUT2D eigenvalue weighted by Crippen LogP contribution is -2.34. The molecule has 1 amide bonds. The number of aromatic nitrogens is 2. The van der Waals surface area contributed by atoms with Gasteiger partial charge >= 0.3 is 0 Å². The van der Waals surface area contributed by atoms with Crippen molar-refractivity contribution in [1.82, 2.24) is 20.0 Å². The van der Waals surface area contributed by atoms with E-state index in [1.54, 1.807) is 0 Å². The smallest absolute Gasteiger partial charge is 0.272 e. The molecule has 0 bridgehead atoms. The summed E-state index contributed by atoms with van der Waals surface area (Å²) in [5.74, 6) is 0.113. The Balaban J connectivity index is 2.15. The first kappa shape index (κ1) is 13.1. The molecule has 2 heterocycles. The number of hydrogen-bond donors (Lipinski definition) is 1. The minimum atomic E-state index is 0.113. The van der Waals surface area contributed by atoms with Gasteiger partial charge in [0.1, 0.15) is 5.69 Å². The third-order valence-corrected chi connectivity index (χ3v) is 3.60. The van der Waals surface area contributed by atoms with Crippen molar-refractivity contribution in [1.29, 1.82) is 0 Å². The standard InChI is InChI=1S/C13H22N4O/c1-4-10-8-12(17(5-2)15-10)13(18)16-7-6-11(9-16)14-3/h8,11,14H,4-7,9H2,1-3H3. The van der Waals surface area contributed by atoms with Crippen molar-refractivity contribution in [3.05, 3.63) is 17.5 Å². The van der Waals surface area contributed by atoms with Gasteiger partial charge in [-0.2, -0.15) is 5.10 Å². The Morgan fingerprint density at radius 1 is 1.56 bits per heavy atom. The molecular weight excluding hydrogens is 228 g/mol. The van der Waals surface area contributed by atoms with Gasteiger partial charge in [0.25, 0.3) is 5.91 Å². The third kappa shape index (κ3) is 2.41. The van der Waals surface area contributed by atoms with E-state index in [4.69, 9.17) is 0 Å². The highest BCUT2D eigenvalue weighted by atomic mass is 16.2. The van der Waals surface area contributed by atoms with Crippen LogP contribution in [0.15, 0.2) is 6.07 Å². The van der Waals surface area contributed by atoms with Crippen molar-refractivity contribution in [3.8, 4) is 0 Å². The zero-order chi connectivity index (χ0) is 13.1. The molecule has 5 nitrogen and oxygen atoms in total. The summed E-state index contributed by atoms with van der Waals surface area (Å²) >= 11 is 0. The molecular formula is C13H22N4O. The topological polar surface area (TPSA) is 50.2 Å². The molecule has 1 aromatic rings. The van der Waals surface area contributed by atoms with Crippen LogP contribution in [0.2, 0.25) is 0 Å². The van der Waals surface area contributed by atoms with Crippen LogP contribution in [0.25, 0.3) is 0 Å². The van der Waals surface area contributed by atoms with Crippen molar-refractivity contribution in [2.45, 2.75) is 39.3 Å². The van der Waals surface area contributed by atoms with Gasteiger partial charge in [0.2, 0.25) is 0 Å². The van der Waals surface area contributed by atoms with E-state index in [1.807, 2.05) is 29.6 Å². The molecule has 1 fully saturated rings. The fourth-order valence-corrected chi connectivity index (χ4v) is 2.40. The van der Waals surface area contributed by atoms with Crippen LogP contribution < -0.4 is 5.32 Å². The summed E-state index contributed by atoms with van der Waals surface area (Å²) in [5, 5.41) is 7.66. The number of carbonyl (C=O) groups is 1. The van der Waals surface area contributed by atoms with Crippen molar-refractivity contribution >= 4 is 5.91 Å². The second-order valence-corrected chi connectivity index (χ2v) is 4.72. The molecule has 2 rings (SSSR count). The maximum Gasteiger partial charge on any atom is 0.272 e. The van der Waals surface area contributed by atoms with Gasteiger partial charge in [-0.25, -0.2) is 0 Å². The number of nitrogens with zero attached hydrogens (tertiary/aromatic N) is 3. The van der Waals surface area contributed by atoms with E-state index in [9.17, 15) is 4.79 Å². The van der Waals surface area contributed by atoms with Gasteiger partial charge in [-0.3, -0.25) is 9.48 Å². The second kappa shape index (κ2) is 5.52. The van der Waals surface area contributed by atoms with E-state index in [0.29, 0.717) is 6.04 Å². The molecule has 0 radical (unpaired) electrons. The first-order valence-corrected chi connectivity index (χ1v) is 6.72. The lowest BCUT2D eigenvalue weighted by Gasteiger charge is -2.16. The van der Waals surface area contributed by atoms with Gasteiger partial charge in [0.05, 0.1) is 5.69 Å². The summed E-state index contributed by atoms with van der Waals surface area (Å²) in [5.41, 5.74) is 1.72. The largest absolute Gasteiger partial charge is 0.336 e. The predicted molar refractivity (Wildman–Crippen MR) is 70.6 cm³/mol. The van der Waals surface area contributed by atoms with Crippen LogP contribution in [0, 0.1) is 0 Å². The van der Waals surface area contributed by atoms with Gasteiger partial charge in [-0.1, -0.05) is 6.92 Å². The van der Waals surface area contributed by atoms with Crippen LogP contribution in [-0.2, 0) is 13.0 Å². The number of amides is 1. The number of aryl methyl sites for hydroxylation is 2. The summed E-state index contributed by atoms with van der Waals surface area (Å²) in [6, 6.07) is 2.36. The van der Waals surface area contributed by atoms with Crippen LogP contribution in [0.1, 0.15) is 36.5 Å². The molecule has 1 N–H and O–H groups in total. The summed E-state index contributed by atoms with van der Waals surface area (Å²) in [6.45, 7) is 6.45. The van der Waals surface area contributed by atoms with E-state index in [1.165, 1.54) is 0 Å². The van der Waals surface area contributed by atoms with Crippen molar-refractivity contribution in [3.63, 3.8) is 0 Å². The monoisotopic (exact) mass is 250 g/mol. The summed E-state index contributed by atoms with van der Waals surface area (Å²) in [7, 11) is 1.95. The predicted octanol–water partition coefficient (Wildman–Crippen LogP) is 0.899. The Labute approximate surface area is 108 Å². The lowest BCUT2D eigenvalue weighted by molar-refractivity contribution is 0.0777. The zero-order valence-corrected chi connectivity index (χ0v) is 11.4. The molecule has 1 aromatic heterocycles.